The van der Waals surface area contributed by atoms with Crippen molar-refractivity contribution in [2.75, 3.05) is 0 Å². The van der Waals surface area contributed by atoms with Crippen molar-refractivity contribution in [1.29, 1.82) is 5.26 Å². The van der Waals surface area contributed by atoms with Gasteiger partial charge in [0.05, 0.1) is 16.6 Å². The summed E-state index contributed by atoms with van der Waals surface area (Å²) >= 11 is 0. The summed E-state index contributed by atoms with van der Waals surface area (Å²) in [6, 6.07) is 3.80. The smallest absolute Gasteiger partial charge is 0.258 e. The number of aromatic nitrogens is 2. The summed E-state index contributed by atoms with van der Waals surface area (Å²) in [4.78, 5) is 4.00. The number of pyridine rings is 1. The molecule has 0 saturated carbocycles. The van der Waals surface area contributed by atoms with E-state index in [2.05, 4.69) is 10.1 Å². The minimum Gasteiger partial charge on any atom is -0.336 e. The van der Waals surface area contributed by atoms with Gasteiger partial charge < -0.3 is 4.52 Å². The topological polar surface area (TPSA) is 62.7 Å². The second-order valence-electron chi connectivity index (χ2n) is 3.41. The zero-order chi connectivity index (χ0) is 10.1. The van der Waals surface area contributed by atoms with Crippen LogP contribution in [0.4, 0.5) is 0 Å². The molecule has 0 spiro atoms. The first kappa shape index (κ1) is 8.70. The van der Waals surface area contributed by atoms with Gasteiger partial charge in [-0.3, -0.25) is 0 Å². The zero-order valence-corrected chi connectivity index (χ0v) is 7.98. The van der Waals surface area contributed by atoms with Gasteiger partial charge in [-0.15, -0.1) is 0 Å². The predicted octanol–water partition coefficient (Wildman–Crippen LogP) is 2.22. The van der Waals surface area contributed by atoms with Gasteiger partial charge >= 0.3 is 0 Å². The number of nitrogens with zero attached hydrogens (tertiary/aromatic N) is 3. The predicted molar refractivity (Wildman–Crippen MR) is 50.6 cm³/mol. The number of hydrogen-bond donors (Lipinski definition) is 0. The van der Waals surface area contributed by atoms with E-state index in [0.717, 1.165) is 11.1 Å². The SMILES string of the molecule is CC(C)c1noc2ncc(C#N)cc12. The van der Waals surface area contributed by atoms with Crippen LogP contribution in [0.25, 0.3) is 11.1 Å². The average molecular weight is 187 g/mol. The maximum absolute atomic E-state index is 8.72. The van der Waals surface area contributed by atoms with E-state index in [1.807, 2.05) is 19.9 Å². The van der Waals surface area contributed by atoms with Crippen LogP contribution in [-0.2, 0) is 0 Å². The minimum atomic E-state index is 0.270. The number of nitriles is 1. The fourth-order valence-corrected chi connectivity index (χ4v) is 1.33. The highest BCUT2D eigenvalue weighted by molar-refractivity contribution is 5.77. The van der Waals surface area contributed by atoms with Crippen LogP contribution in [0.2, 0.25) is 0 Å². The Labute approximate surface area is 81.2 Å². The first-order chi connectivity index (χ1) is 6.72. The van der Waals surface area contributed by atoms with Crippen molar-refractivity contribution in [3.63, 3.8) is 0 Å². The van der Waals surface area contributed by atoms with Crippen molar-refractivity contribution >= 4 is 11.1 Å². The summed E-state index contributed by atoms with van der Waals surface area (Å²) in [5.74, 6) is 0.270. The molecule has 2 heterocycles. The second kappa shape index (κ2) is 3.11. The molecule has 14 heavy (non-hydrogen) atoms. The minimum absolute atomic E-state index is 0.270. The monoisotopic (exact) mass is 187 g/mol. The van der Waals surface area contributed by atoms with Crippen LogP contribution >= 0.6 is 0 Å². The highest BCUT2D eigenvalue weighted by atomic mass is 16.5. The molecule has 0 aliphatic rings. The van der Waals surface area contributed by atoms with E-state index in [1.165, 1.54) is 6.20 Å². The summed E-state index contributed by atoms with van der Waals surface area (Å²) < 4.78 is 5.04. The third-order valence-electron chi connectivity index (χ3n) is 2.03. The largest absolute Gasteiger partial charge is 0.336 e. The van der Waals surface area contributed by atoms with Crippen LogP contribution < -0.4 is 0 Å². The Morgan fingerprint density at radius 1 is 1.50 bits per heavy atom. The van der Waals surface area contributed by atoms with E-state index in [0.29, 0.717) is 11.3 Å². The molecule has 0 N–H and O–H groups in total. The van der Waals surface area contributed by atoms with E-state index in [-0.39, 0.29) is 5.92 Å². The molecule has 0 aliphatic carbocycles. The second-order valence-corrected chi connectivity index (χ2v) is 3.41. The van der Waals surface area contributed by atoms with Crippen LogP contribution in [0.15, 0.2) is 16.8 Å². The van der Waals surface area contributed by atoms with E-state index < -0.39 is 0 Å². The number of rotatable bonds is 1. The molecule has 0 fully saturated rings. The zero-order valence-electron chi connectivity index (χ0n) is 7.98. The molecule has 0 unspecified atom stereocenters. The summed E-state index contributed by atoms with van der Waals surface area (Å²) in [5.41, 5.74) is 1.87. The molecule has 0 aliphatic heterocycles. The van der Waals surface area contributed by atoms with Gasteiger partial charge in [0.25, 0.3) is 5.71 Å². The molecule has 4 heteroatoms. The molecular weight excluding hydrogens is 178 g/mol. The lowest BCUT2D eigenvalue weighted by Crippen LogP contribution is -1.88. The van der Waals surface area contributed by atoms with E-state index >= 15 is 0 Å². The molecule has 0 atom stereocenters. The fraction of sp³-hybridized carbons (Fsp3) is 0.300. The van der Waals surface area contributed by atoms with Gasteiger partial charge in [0.2, 0.25) is 0 Å². The van der Waals surface area contributed by atoms with Crippen LogP contribution in [0.3, 0.4) is 0 Å². The number of hydrogen-bond acceptors (Lipinski definition) is 4. The quantitative estimate of drug-likeness (QED) is 0.686. The summed E-state index contributed by atoms with van der Waals surface area (Å²) in [6.45, 7) is 4.05. The average Bonchev–Trinajstić information content (AvgIpc) is 2.59. The van der Waals surface area contributed by atoms with E-state index in [1.54, 1.807) is 6.07 Å². The Morgan fingerprint density at radius 2 is 2.29 bits per heavy atom. The van der Waals surface area contributed by atoms with Crippen molar-refractivity contribution in [3.05, 3.63) is 23.5 Å². The van der Waals surface area contributed by atoms with E-state index in [9.17, 15) is 0 Å². The first-order valence-electron chi connectivity index (χ1n) is 4.38. The fourth-order valence-electron chi connectivity index (χ4n) is 1.33. The Balaban J connectivity index is 2.71. The van der Waals surface area contributed by atoms with Crippen molar-refractivity contribution in [2.24, 2.45) is 0 Å². The van der Waals surface area contributed by atoms with Gasteiger partial charge in [-0.05, 0) is 12.0 Å². The Hall–Kier alpha value is -1.89. The Kier molecular flexibility index (Phi) is 1.93. The summed E-state index contributed by atoms with van der Waals surface area (Å²) in [5, 5.41) is 13.5. The maximum atomic E-state index is 8.72. The van der Waals surface area contributed by atoms with E-state index in [4.69, 9.17) is 9.78 Å². The molecule has 4 nitrogen and oxygen atoms in total. The first-order valence-corrected chi connectivity index (χ1v) is 4.38. The lowest BCUT2D eigenvalue weighted by molar-refractivity contribution is 0.434. The van der Waals surface area contributed by atoms with Gasteiger partial charge in [0.15, 0.2) is 0 Å². The molecule has 2 rings (SSSR count). The molecule has 0 aromatic carbocycles. The van der Waals surface area contributed by atoms with Gasteiger partial charge in [-0.25, -0.2) is 4.98 Å². The standard InChI is InChI=1S/C10H9N3O/c1-6(2)9-8-3-7(4-11)5-12-10(8)14-13-9/h3,5-6H,1-2H3. The molecule has 0 saturated heterocycles. The normalized spacial score (nSPS) is 10.7. The highest BCUT2D eigenvalue weighted by Gasteiger charge is 2.12. The van der Waals surface area contributed by atoms with Gasteiger partial charge in [0.1, 0.15) is 6.07 Å². The highest BCUT2D eigenvalue weighted by Crippen LogP contribution is 2.23. The lowest BCUT2D eigenvalue weighted by Gasteiger charge is -1.97. The molecule has 2 aromatic heterocycles. The van der Waals surface area contributed by atoms with Crippen molar-refractivity contribution < 1.29 is 4.52 Å². The van der Waals surface area contributed by atoms with Gasteiger partial charge in [0, 0.05) is 6.20 Å². The molecule has 0 amide bonds. The number of fused-ring (bicyclic) bond motifs is 1. The van der Waals surface area contributed by atoms with Crippen molar-refractivity contribution in [2.45, 2.75) is 19.8 Å². The third kappa shape index (κ3) is 1.23. The van der Waals surface area contributed by atoms with Crippen LogP contribution in [0.5, 0.6) is 0 Å². The molecule has 70 valence electrons. The Bertz CT molecular complexity index is 508. The van der Waals surface area contributed by atoms with Crippen LogP contribution in [0.1, 0.15) is 31.0 Å². The van der Waals surface area contributed by atoms with Crippen LogP contribution in [0, 0.1) is 11.3 Å². The lowest BCUT2D eigenvalue weighted by atomic mass is 10.1. The molecular formula is C10H9N3O. The van der Waals surface area contributed by atoms with Crippen molar-refractivity contribution in [1.82, 2.24) is 10.1 Å². The molecule has 0 radical (unpaired) electrons. The molecule has 2 aromatic rings. The van der Waals surface area contributed by atoms with Gasteiger partial charge in [-0.1, -0.05) is 19.0 Å². The Morgan fingerprint density at radius 3 is 2.93 bits per heavy atom. The third-order valence-corrected chi connectivity index (χ3v) is 2.03. The summed E-state index contributed by atoms with van der Waals surface area (Å²) in [7, 11) is 0. The summed E-state index contributed by atoms with van der Waals surface area (Å²) in [6.07, 6.45) is 1.48. The van der Waals surface area contributed by atoms with Crippen molar-refractivity contribution in [3.8, 4) is 6.07 Å². The molecule has 0 bridgehead atoms. The maximum Gasteiger partial charge on any atom is 0.258 e. The van der Waals surface area contributed by atoms with Gasteiger partial charge in [-0.2, -0.15) is 5.26 Å². The van der Waals surface area contributed by atoms with Crippen LogP contribution in [-0.4, -0.2) is 10.1 Å².